The molecule has 1 N–H and O–H groups in total. The van der Waals surface area contributed by atoms with Gasteiger partial charge in [-0.15, -0.1) is 0 Å². The summed E-state index contributed by atoms with van der Waals surface area (Å²) < 4.78 is 60.5. The summed E-state index contributed by atoms with van der Waals surface area (Å²) >= 11 is 0. The molecule has 0 saturated heterocycles. The highest BCUT2D eigenvalue weighted by Gasteiger charge is 2.31. The first-order valence-electron chi connectivity index (χ1n) is 9.47. The van der Waals surface area contributed by atoms with Crippen molar-refractivity contribution >= 4 is 28.2 Å². The minimum Gasteiger partial charge on any atom is -0.493 e. The molecule has 1 aromatic heterocycles. The summed E-state index contributed by atoms with van der Waals surface area (Å²) in [5.74, 6) is 0.395. The summed E-state index contributed by atoms with van der Waals surface area (Å²) in [6, 6.07) is 6.32. The van der Waals surface area contributed by atoms with E-state index in [0.717, 1.165) is 12.1 Å². The lowest BCUT2D eigenvalue weighted by Crippen LogP contribution is -2.10. The molecule has 0 aliphatic heterocycles. The predicted octanol–water partition coefficient (Wildman–Crippen LogP) is 5.20. The zero-order chi connectivity index (χ0) is 23.5. The van der Waals surface area contributed by atoms with E-state index in [0.29, 0.717) is 28.3 Å². The third kappa shape index (κ3) is 4.48. The molecule has 0 atom stereocenters. The molecule has 0 fully saturated rings. The van der Waals surface area contributed by atoms with Crippen LogP contribution in [0, 0.1) is 0 Å². The zero-order valence-corrected chi connectivity index (χ0v) is 17.8. The number of esters is 1. The van der Waals surface area contributed by atoms with E-state index >= 15 is 0 Å². The first kappa shape index (κ1) is 23.0. The number of methoxy groups -OCH3 is 3. The van der Waals surface area contributed by atoms with Crippen molar-refractivity contribution in [3.05, 3.63) is 47.7 Å². The fraction of sp³-hybridized carbons (Fsp3) is 0.273. The lowest BCUT2D eigenvalue weighted by Gasteiger charge is -2.18. The predicted molar refractivity (Wildman–Crippen MR) is 112 cm³/mol. The fourth-order valence-corrected chi connectivity index (χ4v) is 3.17. The van der Waals surface area contributed by atoms with Crippen molar-refractivity contribution < 1.29 is 36.9 Å². The van der Waals surface area contributed by atoms with Crippen molar-refractivity contribution in [1.82, 2.24) is 4.98 Å². The molecule has 0 aliphatic carbocycles. The Balaban J connectivity index is 2.20. The number of alkyl halides is 3. The molecule has 0 spiro atoms. The highest BCUT2D eigenvalue weighted by molar-refractivity contribution is 6.06. The number of hydrogen-bond acceptors (Lipinski definition) is 7. The van der Waals surface area contributed by atoms with Crippen molar-refractivity contribution in [3.8, 4) is 17.2 Å². The topological polar surface area (TPSA) is 78.9 Å². The maximum Gasteiger partial charge on any atom is 0.416 e. The van der Waals surface area contributed by atoms with Crippen LogP contribution in [0.1, 0.15) is 22.8 Å². The van der Waals surface area contributed by atoms with E-state index < -0.39 is 17.7 Å². The van der Waals surface area contributed by atoms with Crippen LogP contribution in [-0.4, -0.2) is 38.9 Å². The quantitative estimate of drug-likeness (QED) is 0.496. The number of carbonyl (C=O) groups excluding carboxylic acids is 1. The number of rotatable bonds is 7. The van der Waals surface area contributed by atoms with Crippen LogP contribution in [-0.2, 0) is 10.9 Å². The van der Waals surface area contributed by atoms with Crippen molar-refractivity contribution in [2.75, 3.05) is 33.3 Å². The van der Waals surface area contributed by atoms with Crippen molar-refractivity contribution in [1.29, 1.82) is 0 Å². The number of hydrogen-bond donors (Lipinski definition) is 1. The number of fused-ring (bicyclic) bond motifs is 1. The Bertz CT molecular complexity index is 1120. The molecule has 2 aromatic carbocycles. The van der Waals surface area contributed by atoms with Gasteiger partial charge in [0.15, 0.2) is 11.5 Å². The summed E-state index contributed by atoms with van der Waals surface area (Å²) in [5.41, 5.74) is -0.0512. The van der Waals surface area contributed by atoms with Crippen molar-refractivity contribution in [2.45, 2.75) is 13.1 Å². The van der Waals surface area contributed by atoms with E-state index in [2.05, 4.69) is 10.3 Å². The average molecular weight is 450 g/mol. The van der Waals surface area contributed by atoms with E-state index in [-0.39, 0.29) is 23.4 Å². The van der Waals surface area contributed by atoms with Crippen LogP contribution < -0.4 is 19.5 Å². The number of anilines is 2. The third-order valence-corrected chi connectivity index (χ3v) is 4.63. The molecular weight excluding hydrogens is 429 g/mol. The molecule has 0 aliphatic rings. The van der Waals surface area contributed by atoms with Crippen molar-refractivity contribution in [2.24, 2.45) is 0 Å². The Kier molecular flexibility index (Phi) is 6.61. The van der Waals surface area contributed by atoms with Crippen molar-refractivity contribution in [3.63, 3.8) is 0 Å². The molecule has 0 bridgehead atoms. The molecule has 0 saturated carbocycles. The Hall–Kier alpha value is -3.69. The standard InChI is InChI=1S/C22H21F3N2O5/c1-5-32-21(28)15-11-26-16-8-12(22(23,24)25)6-7-14(16)19(15)27-13-9-17(29-2)20(31-4)18(10-13)30-3/h6-11H,5H2,1-4H3,(H,26,27). The maximum atomic E-state index is 13.2. The second-order valence-electron chi connectivity index (χ2n) is 6.54. The molecule has 0 radical (unpaired) electrons. The van der Waals surface area contributed by atoms with Crippen LogP contribution >= 0.6 is 0 Å². The molecule has 3 rings (SSSR count). The SMILES string of the molecule is CCOC(=O)c1cnc2cc(C(F)(F)F)ccc2c1Nc1cc(OC)c(OC)c(OC)c1. The summed E-state index contributed by atoms with van der Waals surface area (Å²) in [7, 11) is 4.36. The maximum absolute atomic E-state index is 13.2. The molecule has 0 amide bonds. The number of carbonyl (C=O) groups is 1. The number of nitrogens with one attached hydrogen (secondary N) is 1. The largest absolute Gasteiger partial charge is 0.493 e. The summed E-state index contributed by atoms with van der Waals surface area (Å²) in [6.07, 6.45) is -3.35. The van der Waals surface area contributed by atoms with Gasteiger partial charge in [0, 0.05) is 29.4 Å². The first-order valence-corrected chi connectivity index (χ1v) is 9.47. The first-order chi connectivity index (χ1) is 15.2. The summed E-state index contributed by atoms with van der Waals surface area (Å²) in [4.78, 5) is 16.6. The van der Waals surface area contributed by atoms with Crippen LogP contribution in [0.25, 0.3) is 10.9 Å². The van der Waals surface area contributed by atoms with Crippen LogP contribution in [0.5, 0.6) is 17.2 Å². The van der Waals surface area contributed by atoms with Crippen LogP contribution in [0.4, 0.5) is 24.5 Å². The Morgan fingerprint density at radius 1 is 1.03 bits per heavy atom. The van der Waals surface area contributed by atoms with Gasteiger partial charge in [0.1, 0.15) is 5.56 Å². The highest BCUT2D eigenvalue weighted by Crippen LogP contribution is 2.42. The lowest BCUT2D eigenvalue weighted by molar-refractivity contribution is -0.137. The van der Waals surface area contributed by atoms with E-state index in [1.54, 1.807) is 19.1 Å². The number of ether oxygens (including phenoxy) is 4. The van der Waals surface area contributed by atoms with Gasteiger partial charge in [-0.05, 0) is 19.1 Å². The second kappa shape index (κ2) is 9.21. The van der Waals surface area contributed by atoms with E-state index in [1.165, 1.54) is 33.6 Å². The Labute approximate surface area is 182 Å². The van der Waals surface area contributed by atoms with Gasteiger partial charge < -0.3 is 24.3 Å². The number of benzene rings is 2. The Morgan fingerprint density at radius 2 is 1.69 bits per heavy atom. The van der Waals surface area contributed by atoms with Crippen LogP contribution in [0.2, 0.25) is 0 Å². The molecule has 1 heterocycles. The van der Waals surface area contributed by atoms with Crippen LogP contribution in [0.3, 0.4) is 0 Å². The Morgan fingerprint density at radius 3 is 2.22 bits per heavy atom. The normalized spacial score (nSPS) is 11.2. The summed E-state index contributed by atoms with van der Waals surface area (Å²) in [6.45, 7) is 1.77. The average Bonchev–Trinajstić information content (AvgIpc) is 2.77. The smallest absolute Gasteiger partial charge is 0.416 e. The monoisotopic (exact) mass is 450 g/mol. The van der Waals surface area contributed by atoms with Gasteiger partial charge in [0.25, 0.3) is 0 Å². The molecule has 170 valence electrons. The molecule has 0 unspecified atom stereocenters. The highest BCUT2D eigenvalue weighted by atomic mass is 19.4. The number of aromatic nitrogens is 1. The molecule has 7 nitrogen and oxygen atoms in total. The van der Waals surface area contributed by atoms with E-state index in [9.17, 15) is 18.0 Å². The zero-order valence-electron chi connectivity index (χ0n) is 17.8. The van der Waals surface area contributed by atoms with E-state index in [1.807, 2.05) is 0 Å². The van der Waals surface area contributed by atoms with Gasteiger partial charge in [-0.1, -0.05) is 6.07 Å². The minimum atomic E-state index is -4.53. The number of nitrogens with zero attached hydrogens (tertiary/aromatic N) is 1. The van der Waals surface area contributed by atoms with E-state index in [4.69, 9.17) is 18.9 Å². The second-order valence-corrected chi connectivity index (χ2v) is 6.54. The van der Waals surface area contributed by atoms with Gasteiger partial charge in [0.05, 0.1) is 44.7 Å². The fourth-order valence-electron chi connectivity index (χ4n) is 3.17. The number of pyridine rings is 1. The molecule has 10 heteroatoms. The van der Waals surface area contributed by atoms with Gasteiger partial charge in [0.2, 0.25) is 5.75 Å². The van der Waals surface area contributed by atoms with Gasteiger partial charge in [-0.25, -0.2) is 4.79 Å². The lowest BCUT2D eigenvalue weighted by atomic mass is 10.1. The summed E-state index contributed by atoms with van der Waals surface area (Å²) in [5, 5.41) is 3.38. The third-order valence-electron chi connectivity index (χ3n) is 4.63. The van der Waals surface area contributed by atoms with Crippen LogP contribution in [0.15, 0.2) is 36.5 Å². The minimum absolute atomic E-state index is 0.0582. The molecule has 3 aromatic rings. The van der Waals surface area contributed by atoms with Gasteiger partial charge in [-0.3, -0.25) is 4.98 Å². The van der Waals surface area contributed by atoms with Gasteiger partial charge in [-0.2, -0.15) is 13.2 Å². The number of halogens is 3. The van der Waals surface area contributed by atoms with Gasteiger partial charge >= 0.3 is 12.1 Å². The molecule has 32 heavy (non-hydrogen) atoms. The molecular formula is C22H21F3N2O5.